The normalized spacial score (nSPS) is 36.4. The summed E-state index contributed by atoms with van der Waals surface area (Å²) in [7, 11) is 0. The summed E-state index contributed by atoms with van der Waals surface area (Å²) in [5.74, 6) is -0.500. The molecule has 106 valence electrons. The molecule has 1 saturated heterocycles. The first-order valence-electron chi connectivity index (χ1n) is 6.20. The van der Waals surface area contributed by atoms with Crippen LogP contribution in [0.2, 0.25) is 0 Å². The molecule has 7 nitrogen and oxygen atoms in total. The van der Waals surface area contributed by atoms with Gasteiger partial charge in [-0.2, -0.15) is 0 Å². The minimum absolute atomic E-state index is 0.0380. The molecule has 1 aliphatic heterocycles. The number of rotatable bonds is 5. The monoisotopic (exact) mass is 262 g/mol. The molecule has 1 fully saturated rings. The second-order valence-electron chi connectivity index (χ2n) is 4.45. The lowest BCUT2D eigenvalue weighted by molar-refractivity contribution is -0.217. The molecule has 6 N–H and O–H groups in total. The van der Waals surface area contributed by atoms with Crippen LogP contribution >= 0.6 is 0 Å². The summed E-state index contributed by atoms with van der Waals surface area (Å²) < 4.78 is 5.23. The Kier molecular flexibility index (Phi) is 5.97. The fraction of sp³-hybridized carbons (Fsp3) is 0.909. The minimum atomic E-state index is -1.45. The Morgan fingerprint density at radius 2 is 1.94 bits per heavy atom. The summed E-state index contributed by atoms with van der Waals surface area (Å²) in [5.41, 5.74) is 5.38. The molecule has 1 aliphatic rings. The molecule has 0 saturated carbocycles. The van der Waals surface area contributed by atoms with Gasteiger partial charge in [0.2, 0.25) is 0 Å². The van der Waals surface area contributed by atoms with Crippen LogP contribution in [0.1, 0.15) is 19.8 Å². The number of hydrogen-bond acceptors (Lipinski definition) is 6. The van der Waals surface area contributed by atoms with Crippen molar-refractivity contribution in [2.75, 3.05) is 13.1 Å². The van der Waals surface area contributed by atoms with E-state index in [9.17, 15) is 20.1 Å². The van der Waals surface area contributed by atoms with Crippen LogP contribution in [0, 0.1) is 0 Å². The van der Waals surface area contributed by atoms with Crippen molar-refractivity contribution in [3.63, 3.8) is 0 Å². The Morgan fingerprint density at radius 3 is 2.50 bits per heavy atom. The number of hydrogen-bond donors (Lipinski definition) is 5. The Morgan fingerprint density at radius 1 is 1.28 bits per heavy atom. The van der Waals surface area contributed by atoms with Gasteiger partial charge in [-0.3, -0.25) is 4.79 Å². The van der Waals surface area contributed by atoms with Crippen LogP contribution < -0.4 is 11.1 Å². The molecule has 0 aromatic heterocycles. The van der Waals surface area contributed by atoms with Crippen LogP contribution in [-0.2, 0) is 9.53 Å². The molecule has 5 atom stereocenters. The van der Waals surface area contributed by atoms with Crippen LogP contribution in [0.3, 0.4) is 0 Å². The highest BCUT2D eigenvalue weighted by atomic mass is 16.5. The largest absolute Gasteiger partial charge is 0.388 e. The van der Waals surface area contributed by atoms with Gasteiger partial charge >= 0.3 is 0 Å². The highest BCUT2D eigenvalue weighted by Gasteiger charge is 2.45. The zero-order chi connectivity index (χ0) is 13.7. The zero-order valence-corrected chi connectivity index (χ0v) is 10.5. The van der Waals surface area contributed by atoms with Crippen molar-refractivity contribution in [2.24, 2.45) is 5.73 Å². The van der Waals surface area contributed by atoms with E-state index in [1.807, 2.05) is 6.92 Å². The Balaban J connectivity index is 2.60. The lowest BCUT2D eigenvalue weighted by Crippen LogP contribution is -2.62. The van der Waals surface area contributed by atoms with Crippen LogP contribution in [-0.4, -0.2) is 64.8 Å². The molecular weight excluding hydrogens is 240 g/mol. The summed E-state index contributed by atoms with van der Waals surface area (Å²) in [6, 6.07) is 0. The lowest BCUT2D eigenvalue weighted by atomic mass is 9.94. The molecule has 1 amide bonds. The summed E-state index contributed by atoms with van der Waals surface area (Å²) >= 11 is 0. The van der Waals surface area contributed by atoms with Gasteiger partial charge in [-0.25, -0.2) is 0 Å². The van der Waals surface area contributed by atoms with E-state index in [1.165, 1.54) is 0 Å². The van der Waals surface area contributed by atoms with Crippen molar-refractivity contribution in [1.29, 1.82) is 0 Å². The van der Waals surface area contributed by atoms with E-state index in [0.29, 0.717) is 6.54 Å². The van der Waals surface area contributed by atoms with Gasteiger partial charge in [-0.05, 0) is 6.42 Å². The zero-order valence-electron chi connectivity index (χ0n) is 10.5. The van der Waals surface area contributed by atoms with Crippen molar-refractivity contribution in [2.45, 2.75) is 50.3 Å². The van der Waals surface area contributed by atoms with E-state index in [1.54, 1.807) is 0 Å². The van der Waals surface area contributed by atoms with E-state index >= 15 is 0 Å². The first-order chi connectivity index (χ1) is 8.52. The molecule has 0 bridgehead atoms. The van der Waals surface area contributed by atoms with Crippen LogP contribution in [0.4, 0.5) is 0 Å². The topological polar surface area (TPSA) is 125 Å². The fourth-order valence-electron chi connectivity index (χ4n) is 1.85. The van der Waals surface area contributed by atoms with Gasteiger partial charge in [0.15, 0.2) is 6.10 Å². The predicted octanol–water partition coefficient (Wildman–Crippen LogP) is -2.29. The van der Waals surface area contributed by atoms with Crippen LogP contribution in [0.25, 0.3) is 0 Å². The fourth-order valence-corrected chi connectivity index (χ4v) is 1.85. The molecule has 1 rings (SSSR count). The average molecular weight is 262 g/mol. The number of ether oxygens (including phenoxy) is 1. The highest BCUT2D eigenvalue weighted by Crippen LogP contribution is 2.20. The van der Waals surface area contributed by atoms with Gasteiger partial charge in [-0.15, -0.1) is 0 Å². The van der Waals surface area contributed by atoms with Crippen molar-refractivity contribution in [3.8, 4) is 0 Å². The van der Waals surface area contributed by atoms with Gasteiger partial charge in [0, 0.05) is 13.1 Å². The second kappa shape index (κ2) is 7.01. The van der Waals surface area contributed by atoms with Crippen molar-refractivity contribution >= 4 is 5.91 Å². The molecule has 18 heavy (non-hydrogen) atoms. The van der Waals surface area contributed by atoms with Gasteiger partial charge in [-0.1, -0.05) is 13.3 Å². The molecule has 0 aromatic carbocycles. The number of unbranched alkanes of at least 4 members (excludes halogenated alkanes) is 1. The SMILES string of the molecule is CCCCNC(=O)C1O[C@H](CN)C(O)C(O)[C@@H]1O. The van der Waals surface area contributed by atoms with Gasteiger partial charge in [0.25, 0.3) is 5.91 Å². The molecule has 0 radical (unpaired) electrons. The predicted molar refractivity (Wildman–Crippen MR) is 63.7 cm³/mol. The third-order valence-electron chi connectivity index (χ3n) is 3.03. The Hall–Kier alpha value is -0.730. The summed E-state index contributed by atoms with van der Waals surface area (Å²) in [5, 5.41) is 31.5. The highest BCUT2D eigenvalue weighted by molar-refractivity contribution is 5.81. The van der Waals surface area contributed by atoms with Crippen molar-refractivity contribution < 1.29 is 24.9 Å². The van der Waals surface area contributed by atoms with E-state index in [-0.39, 0.29) is 6.54 Å². The van der Waals surface area contributed by atoms with E-state index in [0.717, 1.165) is 12.8 Å². The van der Waals surface area contributed by atoms with Gasteiger partial charge in [0.1, 0.15) is 18.3 Å². The lowest BCUT2D eigenvalue weighted by Gasteiger charge is -2.39. The summed E-state index contributed by atoms with van der Waals surface area (Å²) in [6.07, 6.45) is -4.48. The maximum absolute atomic E-state index is 11.8. The summed E-state index contributed by atoms with van der Waals surface area (Å²) in [6.45, 7) is 2.43. The van der Waals surface area contributed by atoms with Crippen LogP contribution in [0.5, 0.6) is 0 Å². The number of amides is 1. The molecule has 1 heterocycles. The first kappa shape index (κ1) is 15.3. The molecule has 3 unspecified atom stereocenters. The van der Waals surface area contributed by atoms with Crippen LogP contribution in [0.15, 0.2) is 0 Å². The quantitative estimate of drug-likeness (QED) is 0.355. The molecule has 7 heteroatoms. The first-order valence-corrected chi connectivity index (χ1v) is 6.20. The molecule has 0 spiro atoms. The average Bonchev–Trinajstić information content (AvgIpc) is 2.36. The third kappa shape index (κ3) is 3.39. The van der Waals surface area contributed by atoms with Crippen molar-refractivity contribution in [3.05, 3.63) is 0 Å². The van der Waals surface area contributed by atoms with E-state index in [4.69, 9.17) is 10.5 Å². The molecular formula is C11H22N2O5. The van der Waals surface area contributed by atoms with Crippen molar-refractivity contribution in [1.82, 2.24) is 5.32 Å². The minimum Gasteiger partial charge on any atom is -0.388 e. The Labute approximate surface area is 106 Å². The standard InChI is InChI=1S/C11H22N2O5/c1-2-3-4-13-11(17)10-9(16)8(15)7(14)6(5-12)18-10/h6-10,14-16H,2-5,12H2,1H3,(H,13,17)/t6-,7?,8?,9+,10?/m1/s1. The maximum atomic E-state index is 11.8. The number of aliphatic hydroxyl groups excluding tert-OH is 3. The smallest absolute Gasteiger partial charge is 0.251 e. The summed E-state index contributed by atoms with van der Waals surface area (Å²) in [4.78, 5) is 11.8. The van der Waals surface area contributed by atoms with Gasteiger partial charge in [0.05, 0.1) is 6.10 Å². The number of aliphatic hydroxyl groups is 3. The third-order valence-corrected chi connectivity index (χ3v) is 3.03. The van der Waals surface area contributed by atoms with E-state index < -0.39 is 36.4 Å². The Bertz CT molecular complexity index is 274. The maximum Gasteiger partial charge on any atom is 0.251 e. The molecule has 0 aromatic rings. The van der Waals surface area contributed by atoms with E-state index in [2.05, 4.69) is 5.32 Å². The number of carbonyl (C=O) groups is 1. The number of nitrogens with one attached hydrogen (secondary N) is 1. The number of nitrogens with two attached hydrogens (primary N) is 1. The number of carbonyl (C=O) groups excluding carboxylic acids is 1. The molecule has 0 aliphatic carbocycles. The van der Waals surface area contributed by atoms with Gasteiger partial charge < -0.3 is 31.1 Å². The second-order valence-corrected chi connectivity index (χ2v) is 4.45.